The first-order valence-electron chi connectivity index (χ1n) is 5.96. The molecule has 1 unspecified atom stereocenters. The maximum absolute atomic E-state index is 12.0. The van der Waals surface area contributed by atoms with Crippen LogP contribution in [0.1, 0.15) is 12.0 Å². The lowest BCUT2D eigenvalue weighted by Gasteiger charge is -2.17. The standard InChI is InChI=1S/C13H16N4O/c1-15-12-5-6-17(9-12)13(18)16-11-4-2-3-10(7-11)8-14/h2-4,7,12,15H,5-6,9H2,1H3,(H,16,18). The number of likely N-dealkylation sites (N-methyl/N-ethyl adjacent to an activating group) is 1. The molecule has 1 saturated heterocycles. The zero-order chi connectivity index (χ0) is 13.0. The molecule has 2 amide bonds. The minimum absolute atomic E-state index is 0.108. The number of hydrogen-bond acceptors (Lipinski definition) is 3. The van der Waals surface area contributed by atoms with E-state index >= 15 is 0 Å². The number of urea groups is 1. The first kappa shape index (κ1) is 12.4. The van der Waals surface area contributed by atoms with E-state index in [0.717, 1.165) is 19.5 Å². The van der Waals surface area contributed by atoms with Crippen molar-refractivity contribution in [3.63, 3.8) is 0 Å². The average Bonchev–Trinajstić information content (AvgIpc) is 2.88. The molecule has 0 aliphatic carbocycles. The highest BCUT2D eigenvalue weighted by molar-refractivity contribution is 5.89. The van der Waals surface area contributed by atoms with Crippen molar-refractivity contribution in [2.45, 2.75) is 12.5 Å². The third-order valence-electron chi connectivity index (χ3n) is 3.13. The number of benzene rings is 1. The zero-order valence-corrected chi connectivity index (χ0v) is 10.3. The third-order valence-corrected chi connectivity index (χ3v) is 3.13. The summed E-state index contributed by atoms with van der Waals surface area (Å²) in [4.78, 5) is 13.8. The monoisotopic (exact) mass is 244 g/mol. The normalized spacial score (nSPS) is 18.4. The van der Waals surface area contributed by atoms with Gasteiger partial charge in [0.15, 0.2) is 0 Å². The lowest BCUT2D eigenvalue weighted by Crippen LogP contribution is -2.36. The van der Waals surface area contributed by atoms with Gasteiger partial charge in [0.05, 0.1) is 11.6 Å². The van der Waals surface area contributed by atoms with Crippen molar-refractivity contribution in [1.82, 2.24) is 10.2 Å². The van der Waals surface area contributed by atoms with E-state index in [9.17, 15) is 4.79 Å². The van der Waals surface area contributed by atoms with E-state index in [2.05, 4.69) is 16.7 Å². The Kier molecular flexibility index (Phi) is 3.80. The molecule has 1 aromatic rings. The Labute approximate surface area is 106 Å². The summed E-state index contributed by atoms with van der Waals surface area (Å²) < 4.78 is 0. The van der Waals surface area contributed by atoms with Crippen LogP contribution in [0, 0.1) is 11.3 Å². The predicted octanol–water partition coefficient (Wildman–Crippen LogP) is 1.38. The highest BCUT2D eigenvalue weighted by Gasteiger charge is 2.24. The smallest absolute Gasteiger partial charge is 0.321 e. The van der Waals surface area contributed by atoms with Gasteiger partial charge in [-0.3, -0.25) is 0 Å². The molecule has 1 aliphatic rings. The Hall–Kier alpha value is -2.06. The fourth-order valence-corrected chi connectivity index (χ4v) is 2.05. The number of nitrogens with zero attached hydrogens (tertiary/aromatic N) is 2. The van der Waals surface area contributed by atoms with Gasteiger partial charge in [0.25, 0.3) is 0 Å². The third kappa shape index (κ3) is 2.79. The summed E-state index contributed by atoms with van der Waals surface area (Å²) in [7, 11) is 1.91. The van der Waals surface area contributed by atoms with Gasteiger partial charge in [0.2, 0.25) is 0 Å². The molecule has 0 bridgehead atoms. The molecule has 1 fully saturated rings. The molecule has 0 saturated carbocycles. The summed E-state index contributed by atoms with van der Waals surface area (Å²) in [6.45, 7) is 1.48. The van der Waals surface area contributed by atoms with Crippen molar-refractivity contribution in [1.29, 1.82) is 5.26 Å². The Morgan fingerprint density at radius 2 is 2.39 bits per heavy atom. The number of hydrogen-bond donors (Lipinski definition) is 2. The van der Waals surface area contributed by atoms with Crippen LogP contribution in [0.2, 0.25) is 0 Å². The summed E-state index contributed by atoms with van der Waals surface area (Å²) in [5.74, 6) is 0. The Bertz CT molecular complexity index is 480. The summed E-state index contributed by atoms with van der Waals surface area (Å²) in [6, 6.07) is 9.24. The van der Waals surface area contributed by atoms with E-state index in [0.29, 0.717) is 17.3 Å². The van der Waals surface area contributed by atoms with Gasteiger partial charge < -0.3 is 15.5 Å². The molecule has 18 heavy (non-hydrogen) atoms. The van der Waals surface area contributed by atoms with Crippen molar-refractivity contribution in [3.05, 3.63) is 29.8 Å². The van der Waals surface area contributed by atoms with Gasteiger partial charge in [-0.05, 0) is 31.7 Å². The Morgan fingerprint density at radius 3 is 3.06 bits per heavy atom. The minimum Gasteiger partial charge on any atom is -0.323 e. The molecule has 5 heteroatoms. The topological polar surface area (TPSA) is 68.2 Å². The van der Waals surface area contributed by atoms with E-state index in [1.165, 1.54) is 0 Å². The highest BCUT2D eigenvalue weighted by Crippen LogP contribution is 2.13. The molecule has 0 aromatic heterocycles. The van der Waals surface area contributed by atoms with Gasteiger partial charge in [-0.1, -0.05) is 6.07 Å². The number of amides is 2. The first-order valence-corrected chi connectivity index (χ1v) is 5.96. The summed E-state index contributed by atoms with van der Waals surface area (Å²) in [5.41, 5.74) is 1.20. The minimum atomic E-state index is -0.108. The molecule has 1 heterocycles. The van der Waals surface area contributed by atoms with Gasteiger partial charge in [0.1, 0.15) is 0 Å². The second-order valence-electron chi connectivity index (χ2n) is 4.34. The van der Waals surface area contributed by atoms with Crippen LogP contribution in [0.3, 0.4) is 0 Å². The number of nitriles is 1. The van der Waals surface area contributed by atoms with E-state index < -0.39 is 0 Å². The molecule has 0 spiro atoms. The van der Waals surface area contributed by atoms with Crippen molar-refractivity contribution < 1.29 is 4.79 Å². The van der Waals surface area contributed by atoms with E-state index in [1.54, 1.807) is 29.2 Å². The SMILES string of the molecule is CNC1CCN(C(=O)Nc2cccc(C#N)c2)C1. The van der Waals surface area contributed by atoms with Gasteiger partial charge in [-0.15, -0.1) is 0 Å². The second kappa shape index (κ2) is 5.52. The molecule has 1 aliphatic heterocycles. The van der Waals surface area contributed by atoms with E-state index in [4.69, 9.17) is 5.26 Å². The van der Waals surface area contributed by atoms with Crippen LogP contribution in [0.4, 0.5) is 10.5 Å². The van der Waals surface area contributed by atoms with Crippen LogP contribution >= 0.6 is 0 Å². The van der Waals surface area contributed by atoms with Crippen LogP contribution in [-0.4, -0.2) is 37.1 Å². The number of nitrogens with one attached hydrogen (secondary N) is 2. The quantitative estimate of drug-likeness (QED) is 0.826. The molecule has 1 aromatic carbocycles. The van der Waals surface area contributed by atoms with Crippen molar-refractivity contribution in [2.75, 3.05) is 25.5 Å². The van der Waals surface area contributed by atoms with Crippen LogP contribution in [0.15, 0.2) is 24.3 Å². The number of anilines is 1. The van der Waals surface area contributed by atoms with Crippen molar-refractivity contribution in [3.8, 4) is 6.07 Å². The molecule has 2 N–H and O–H groups in total. The Morgan fingerprint density at radius 1 is 1.56 bits per heavy atom. The second-order valence-corrected chi connectivity index (χ2v) is 4.34. The van der Waals surface area contributed by atoms with Gasteiger partial charge in [-0.25, -0.2) is 4.79 Å². The molecular weight excluding hydrogens is 228 g/mol. The lowest BCUT2D eigenvalue weighted by atomic mass is 10.2. The molecule has 2 rings (SSSR count). The maximum Gasteiger partial charge on any atom is 0.321 e. The molecular formula is C13H16N4O. The summed E-state index contributed by atoms with van der Waals surface area (Å²) in [6.07, 6.45) is 0.974. The first-order chi connectivity index (χ1) is 8.72. The summed E-state index contributed by atoms with van der Waals surface area (Å²) >= 11 is 0. The molecule has 94 valence electrons. The molecule has 1 atom stereocenters. The number of likely N-dealkylation sites (tertiary alicyclic amines) is 1. The summed E-state index contributed by atoms with van der Waals surface area (Å²) in [5, 5.41) is 14.8. The van der Waals surface area contributed by atoms with Gasteiger partial charge in [0, 0.05) is 24.8 Å². The number of carbonyl (C=O) groups excluding carboxylic acids is 1. The lowest BCUT2D eigenvalue weighted by molar-refractivity contribution is 0.221. The van der Waals surface area contributed by atoms with Crippen molar-refractivity contribution >= 4 is 11.7 Å². The van der Waals surface area contributed by atoms with Crippen molar-refractivity contribution in [2.24, 2.45) is 0 Å². The largest absolute Gasteiger partial charge is 0.323 e. The van der Waals surface area contributed by atoms with Crippen LogP contribution < -0.4 is 10.6 Å². The van der Waals surface area contributed by atoms with Crippen LogP contribution in [0.25, 0.3) is 0 Å². The highest BCUT2D eigenvalue weighted by atomic mass is 16.2. The van der Waals surface area contributed by atoms with Gasteiger partial charge >= 0.3 is 6.03 Å². The maximum atomic E-state index is 12.0. The Balaban J connectivity index is 1.97. The molecule has 0 radical (unpaired) electrons. The number of carbonyl (C=O) groups is 1. The fraction of sp³-hybridized carbons (Fsp3) is 0.385. The molecule has 5 nitrogen and oxygen atoms in total. The predicted molar refractivity (Wildman–Crippen MR) is 69.2 cm³/mol. The van der Waals surface area contributed by atoms with Gasteiger partial charge in [-0.2, -0.15) is 5.26 Å². The number of rotatable bonds is 2. The zero-order valence-electron chi connectivity index (χ0n) is 10.3. The van der Waals surface area contributed by atoms with E-state index in [1.807, 2.05) is 7.05 Å². The fourth-order valence-electron chi connectivity index (χ4n) is 2.05. The van der Waals surface area contributed by atoms with Crippen LogP contribution in [0.5, 0.6) is 0 Å². The van der Waals surface area contributed by atoms with Crippen LogP contribution in [-0.2, 0) is 0 Å². The van der Waals surface area contributed by atoms with E-state index in [-0.39, 0.29) is 6.03 Å². The average molecular weight is 244 g/mol.